The van der Waals surface area contributed by atoms with Crippen molar-refractivity contribution in [2.45, 2.75) is 19.9 Å². The number of allylic oxidation sites excluding steroid dienone is 1. The SMILES string of the molecule is CCOC(=O)C1=C(C)N=c2s/c(=C\c3ccc(O)cc3)c(=O)n2C1c1ccc(OC)cc1. The Hall–Kier alpha value is -3.65. The smallest absolute Gasteiger partial charge is 0.338 e. The molecule has 1 N–H and O–H groups in total. The summed E-state index contributed by atoms with van der Waals surface area (Å²) in [5, 5.41) is 9.51. The molecule has 1 aliphatic rings. The summed E-state index contributed by atoms with van der Waals surface area (Å²) in [6.45, 7) is 3.71. The minimum absolute atomic E-state index is 0.151. The summed E-state index contributed by atoms with van der Waals surface area (Å²) in [7, 11) is 1.58. The standard InChI is InChI=1S/C24H22N2O5S/c1-4-31-23(29)20-14(2)25-24-26(21(20)16-7-11-18(30-3)12-8-16)22(28)19(32-24)13-15-5-9-17(27)10-6-15/h5-13,21,27H,4H2,1-3H3/b19-13-. The molecule has 0 amide bonds. The van der Waals surface area contributed by atoms with Gasteiger partial charge in [0, 0.05) is 0 Å². The Morgan fingerprint density at radius 3 is 2.50 bits per heavy atom. The topological polar surface area (TPSA) is 90.1 Å². The number of fused-ring (bicyclic) bond motifs is 1. The number of esters is 1. The summed E-state index contributed by atoms with van der Waals surface area (Å²) in [5.74, 6) is 0.326. The first-order chi connectivity index (χ1) is 15.4. The molecule has 2 heterocycles. The molecule has 0 radical (unpaired) electrons. The molecule has 0 spiro atoms. The number of phenolic OH excluding ortho intramolecular Hbond substituents is 1. The van der Waals surface area contributed by atoms with Crippen molar-refractivity contribution in [3.63, 3.8) is 0 Å². The zero-order chi connectivity index (χ0) is 22.8. The van der Waals surface area contributed by atoms with Crippen molar-refractivity contribution in [3.05, 3.63) is 90.6 Å². The fourth-order valence-corrected chi connectivity index (χ4v) is 4.66. The fourth-order valence-electron chi connectivity index (χ4n) is 3.62. The van der Waals surface area contributed by atoms with Crippen molar-refractivity contribution in [2.75, 3.05) is 13.7 Å². The average molecular weight is 451 g/mol. The Kier molecular flexibility index (Phi) is 5.96. The molecular weight excluding hydrogens is 428 g/mol. The lowest BCUT2D eigenvalue weighted by molar-refractivity contribution is -0.139. The second-order valence-corrected chi connectivity index (χ2v) is 8.18. The highest BCUT2D eigenvalue weighted by molar-refractivity contribution is 7.07. The molecule has 2 aromatic carbocycles. The highest BCUT2D eigenvalue weighted by Crippen LogP contribution is 2.31. The summed E-state index contributed by atoms with van der Waals surface area (Å²) in [6, 6.07) is 13.2. The van der Waals surface area contributed by atoms with Crippen LogP contribution in [-0.2, 0) is 9.53 Å². The molecule has 164 valence electrons. The second-order valence-electron chi connectivity index (χ2n) is 7.17. The molecule has 7 nitrogen and oxygen atoms in total. The second kappa shape index (κ2) is 8.84. The van der Waals surface area contributed by atoms with Crippen LogP contribution in [0.1, 0.15) is 31.0 Å². The monoisotopic (exact) mass is 450 g/mol. The lowest BCUT2D eigenvalue weighted by Gasteiger charge is -2.24. The lowest BCUT2D eigenvalue weighted by atomic mass is 9.96. The van der Waals surface area contributed by atoms with E-state index in [0.717, 1.165) is 11.1 Å². The zero-order valence-corrected chi connectivity index (χ0v) is 18.7. The molecule has 4 rings (SSSR count). The van der Waals surface area contributed by atoms with Gasteiger partial charge in [0.15, 0.2) is 4.80 Å². The van der Waals surface area contributed by atoms with Crippen LogP contribution < -0.4 is 19.6 Å². The predicted molar refractivity (Wildman–Crippen MR) is 121 cm³/mol. The van der Waals surface area contributed by atoms with E-state index in [9.17, 15) is 14.7 Å². The quantitative estimate of drug-likeness (QED) is 0.604. The van der Waals surface area contributed by atoms with Gasteiger partial charge in [0.25, 0.3) is 5.56 Å². The molecular formula is C24H22N2O5S. The summed E-state index contributed by atoms with van der Waals surface area (Å²) in [6.07, 6.45) is 1.75. The maximum atomic E-state index is 13.5. The van der Waals surface area contributed by atoms with E-state index in [-0.39, 0.29) is 17.9 Å². The third kappa shape index (κ3) is 3.97. The number of phenols is 1. The molecule has 0 aliphatic carbocycles. The molecule has 8 heteroatoms. The molecule has 32 heavy (non-hydrogen) atoms. The number of benzene rings is 2. The maximum absolute atomic E-state index is 13.5. The van der Waals surface area contributed by atoms with Crippen molar-refractivity contribution in [2.24, 2.45) is 4.99 Å². The molecule has 0 bridgehead atoms. The van der Waals surface area contributed by atoms with E-state index >= 15 is 0 Å². The number of thiazole rings is 1. The molecule has 3 aromatic rings. The number of hydrogen-bond donors (Lipinski definition) is 1. The van der Waals surface area contributed by atoms with Crippen LogP contribution in [0.4, 0.5) is 0 Å². The van der Waals surface area contributed by atoms with Crippen LogP contribution in [0.3, 0.4) is 0 Å². The van der Waals surface area contributed by atoms with Gasteiger partial charge in [-0.05, 0) is 55.3 Å². The van der Waals surface area contributed by atoms with E-state index in [1.165, 1.54) is 15.9 Å². The molecule has 1 aromatic heterocycles. The number of rotatable bonds is 5. The van der Waals surface area contributed by atoms with Crippen molar-refractivity contribution >= 4 is 23.4 Å². The lowest BCUT2D eigenvalue weighted by Crippen LogP contribution is -2.39. The summed E-state index contributed by atoms with van der Waals surface area (Å²) in [4.78, 5) is 31.4. The summed E-state index contributed by atoms with van der Waals surface area (Å²) >= 11 is 1.25. The largest absolute Gasteiger partial charge is 0.508 e. The van der Waals surface area contributed by atoms with Crippen molar-refractivity contribution < 1.29 is 19.4 Å². The van der Waals surface area contributed by atoms with E-state index in [1.54, 1.807) is 63.4 Å². The van der Waals surface area contributed by atoms with Gasteiger partial charge in [-0.3, -0.25) is 9.36 Å². The third-order valence-corrected chi connectivity index (χ3v) is 6.12. The van der Waals surface area contributed by atoms with Crippen molar-refractivity contribution in [1.29, 1.82) is 0 Å². The Morgan fingerprint density at radius 2 is 1.88 bits per heavy atom. The highest BCUT2D eigenvalue weighted by Gasteiger charge is 2.33. The van der Waals surface area contributed by atoms with E-state index in [4.69, 9.17) is 9.47 Å². The molecule has 1 unspecified atom stereocenters. The molecule has 0 saturated carbocycles. The predicted octanol–water partition coefficient (Wildman–Crippen LogP) is 2.51. The van der Waals surface area contributed by atoms with E-state index < -0.39 is 12.0 Å². The first kappa shape index (κ1) is 21.6. The summed E-state index contributed by atoms with van der Waals surface area (Å²) in [5.41, 5.74) is 2.12. The Labute approximate surface area is 188 Å². The van der Waals surface area contributed by atoms with Crippen LogP contribution >= 0.6 is 11.3 Å². The zero-order valence-electron chi connectivity index (χ0n) is 17.9. The molecule has 0 fully saturated rings. The maximum Gasteiger partial charge on any atom is 0.338 e. The number of carbonyl (C=O) groups is 1. The van der Waals surface area contributed by atoms with Gasteiger partial charge in [0.1, 0.15) is 11.5 Å². The van der Waals surface area contributed by atoms with E-state index in [1.807, 2.05) is 12.1 Å². The van der Waals surface area contributed by atoms with Gasteiger partial charge in [-0.15, -0.1) is 0 Å². The van der Waals surface area contributed by atoms with Gasteiger partial charge in [-0.2, -0.15) is 0 Å². The average Bonchev–Trinajstić information content (AvgIpc) is 3.09. The number of hydrogen-bond acceptors (Lipinski definition) is 7. The number of carbonyl (C=O) groups excluding carboxylic acids is 1. The van der Waals surface area contributed by atoms with Crippen molar-refractivity contribution in [3.8, 4) is 11.5 Å². The normalized spacial score (nSPS) is 15.8. The van der Waals surface area contributed by atoms with Gasteiger partial charge in [0.05, 0.1) is 35.6 Å². The number of aromatic hydroxyl groups is 1. The van der Waals surface area contributed by atoms with Crippen LogP contribution in [-0.4, -0.2) is 29.4 Å². The van der Waals surface area contributed by atoms with Crippen LogP contribution in [0.5, 0.6) is 11.5 Å². The number of aromatic nitrogens is 1. The minimum atomic E-state index is -0.668. The van der Waals surface area contributed by atoms with Gasteiger partial charge >= 0.3 is 5.97 Å². The first-order valence-corrected chi connectivity index (χ1v) is 10.9. The van der Waals surface area contributed by atoms with E-state index in [2.05, 4.69) is 4.99 Å². The van der Waals surface area contributed by atoms with Crippen molar-refractivity contribution in [1.82, 2.24) is 4.57 Å². The number of methoxy groups -OCH3 is 1. The van der Waals surface area contributed by atoms with E-state index in [0.29, 0.717) is 26.4 Å². The van der Waals surface area contributed by atoms with Crippen LogP contribution in [0.2, 0.25) is 0 Å². The van der Waals surface area contributed by atoms with Gasteiger partial charge in [0.2, 0.25) is 0 Å². The van der Waals surface area contributed by atoms with Gasteiger partial charge < -0.3 is 14.6 Å². The Bertz CT molecular complexity index is 1370. The number of ether oxygens (including phenoxy) is 2. The Morgan fingerprint density at radius 1 is 1.19 bits per heavy atom. The van der Waals surface area contributed by atoms with Gasteiger partial charge in [-0.25, -0.2) is 9.79 Å². The molecule has 1 atom stereocenters. The van der Waals surface area contributed by atoms with Crippen LogP contribution in [0.15, 0.2) is 69.6 Å². The molecule has 1 aliphatic heterocycles. The summed E-state index contributed by atoms with van der Waals surface area (Å²) < 4.78 is 12.6. The fraction of sp³-hybridized carbons (Fsp3) is 0.208. The molecule has 0 saturated heterocycles. The highest BCUT2D eigenvalue weighted by atomic mass is 32.1. The first-order valence-electron chi connectivity index (χ1n) is 10.1. The van der Waals surface area contributed by atoms with Gasteiger partial charge in [-0.1, -0.05) is 35.6 Å². The third-order valence-electron chi connectivity index (χ3n) is 5.14. The Balaban J connectivity index is 1.93. The van der Waals surface area contributed by atoms with Crippen LogP contribution in [0.25, 0.3) is 6.08 Å². The minimum Gasteiger partial charge on any atom is -0.508 e. The van der Waals surface area contributed by atoms with Crippen LogP contribution in [0, 0.1) is 0 Å². The number of nitrogens with zero attached hydrogens (tertiary/aromatic N) is 2.